The number of fused-ring (bicyclic) bond motifs is 1. The molecular weight excluding hydrogens is 284 g/mol. The molecule has 1 heterocycles. The van der Waals surface area contributed by atoms with Gasteiger partial charge in [-0.25, -0.2) is 0 Å². The second kappa shape index (κ2) is 7.05. The Morgan fingerprint density at radius 3 is 2.57 bits per heavy atom. The molecule has 2 aromatic rings. The van der Waals surface area contributed by atoms with E-state index in [4.69, 9.17) is 4.74 Å². The van der Waals surface area contributed by atoms with Gasteiger partial charge in [-0.15, -0.1) is 0 Å². The summed E-state index contributed by atoms with van der Waals surface area (Å²) in [5, 5.41) is 7.02. The fourth-order valence-electron chi connectivity index (χ4n) is 3.26. The Hall–Kier alpha value is -2.00. The van der Waals surface area contributed by atoms with Crippen molar-refractivity contribution < 1.29 is 4.74 Å². The molecule has 0 aromatic heterocycles. The zero-order chi connectivity index (χ0) is 16.1. The molecule has 3 rings (SSSR count). The molecule has 0 radical (unpaired) electrons. The molecule has 1 atom stereocenters. The molecule has 0 fully saturated rings. The summed E-state index contributed by atoms with van der Waals surface area (Å²) in [5.41, 5.74) is 2.41. The molecule has 1 aliphatic heterocycles. The van der Waals surface area contributed by atoms with Crippen LogP contribution in [-0.2, 0) is 0 Å². The molecule has 0 spiro atoms. The topological polar surface area (TPSA) is 33.3 Å². The summed E-state index contributed by atoms with van der Waals surface area (Å²) in [6.07, 6.45) is 1.04. The number of hydrogen-bond acceptors (Lipinski definition) is 3. The van der Waals surface area contributed by atoms with Crippen LogP contribution in [-0.4, -0.2) is 25.2 Å². The van der Waals surface area contributed by atoms with Crippen molar-refractivity contribution in [2.45, 2.75) is 31.8 Å². The first-order chi connectivity index (χ1) is 11.1. The fourth-order valence-corrected chi connectivity index (χ4v) is 3.26. The number of nitrogens with one attached hydrogen (secondary N) is 2. The molecule has 3 heteroatoms. The lowest BCUT2D eigenvalue weighted by Crippen LogP contribution is -2.38. The average molecular weight is 310 g/mol. The van der Waals surface area contributed by atoms with Gasteiger partial charge in [0.1, 0.15) is 11.4 Å². The largest absolute Gasteiger partial charge is 0.488 e. The summed E-state index contributed by atoms with van der Waals surface area (Å²) in [4.78, 5) is 0. The van der Waals surface area contributed by atoms with Gasteiger partial charge in [0, 0.05) is 31.2 Å². The minimum atomic E-state index is -0.0943. The number of hydrogen-bond donors (Lipinski definition) is 2. The van der Waals surface area contributed by atoms with Gasteiger partial charge in [0.25, 0.3) is 0 Å². The normalized spacial score (nSPS) is 18.8. The maximum atomic E-state index is 6.09. The van der Waals surface area contributed by atoms with Gasteiger partial charge in [-0.3, -0.25) is 0 Å². The van der Waals surface area contributed by atoms with E-state index in [0.717, 1.165) is 31.8 Å². The third kappa shape index (κ3) is 4.26. The van der Waals surface area contributed by atoms with Gasteiger partial charge >= 0.3 is 0 Å². The Bertz CT molecular complexity index is 625. The summed E-state index contributed by atoms with van der Waals surface area (Å²) in [7, 11) is 0. The zero-order valence-electron chi connectivity index (χ0n) is 14.0. The van der Waals surface area contributed by atoms with Gasteiger partial charge in [-0.1, -0.05) is 36.4 Å². The van der Waals surface area contributed by atoms with Crippen LogP contribution in [0.3, 0.4) is 0 Å². The van der Waals surface area contributed by atoms with Crippen molar-refractivity contribution in [3.63, 3.8) is 0 Å². The first-order valence-corrected chi connectivity index (χ1v) is 8.42. The second-order valence-electron chi connectivity index (χ2n) is 6.80. The second-order valence-corrected chi connectivity index (χ2v) is 6.80. The van der Waals surface area contributed by atoms with E-state index < -0.39 is 0 Å². The highest BCUT2D eigenvalue weighted by atomic mass is 16.5. The number of benzene rings is 2. The van der Waals surface area contributed by atoms with E-state index in [1.807, 2.05) is 6.07 Å². The van der Waals surface area contributed by atoms with E-state index in [2.05, 4.69) is 73.0 Å². The van der Waals surface area contributed by atoms with E-state index in [9.17, 15) is 0 Å². The van der Waals surface area contributed by atoms with Gasteiger partial charge in [-0.2, -0.15) is 0 Å². The Morgan fingerprint density at radius 1 is 1.00 bits per heavy atom. The molecule has 0 saturated heterocycles. The summed E-state index contributed by atoms with van der Waals surface area (Å²) in [5.74, 6) is 1.55. The van der Waals surface area contributed by atoms with Crippen molar-refractivity contribution >= 4 is 5.69 Å². The summed E-state index contributed by atoms with van der Waals surface area (Å²) >= 11 is 0. The molecule has 0 amide bonds. The van der Waals surface area contributed by atoms with Crippen LogP contribution in [0.1, 0.15) is 31.7 Å². The van der Waals surface area contributed by atoms with Crippen molar-refractivity contribution in [2.75, 3.05) is 25.0 Å². The molecule has 2 N–H and O–H groups in total. The van der Waals surface area contributed by atoms with E-state index in [0.29, 0.717) is 5.92 Å². The SMILES string of the molecule is CC1(C)CC(CNCCNc2ccccc2)c2ccccc2O1. The lowest BCUT2D eigenvalue weighted by Gasteiger charge is -2.37. The Kier molecular flexibility index (Phi) is 4.87. The third-order valence-corrected chi connectivity index (χ3v) is 4.28. The van der Waals surface area contributed by atoms with Crippen LogP contribution in [0.15, 0.2) is 54.6 Å². The fraction of sp³-hybridized carbons (Fsp3) is 0.400. The van der Waals surface area contributed by atoms with E-state index in [-0.39, 0.29) is 5.60 Å². The van der Waals surface area contributed by atoms with Crippen LogP contribution in [0.5, 0.6) is 5.75 Å². The van der Waals surface area contributed by atoms with Crippen molar-refractivity contribution in [2.24, 2.45) is 0 Å². The number of anilines is 1. The molecule has 0 saturated carbocycles. The van der Waals surface area contributed by atoms with Gasteiger partial charge in [0.05, 0.1) is 0 Å². The first-order valence-electron chi connectivity index (χ1n) is 8.42. The number of ether oxygens (including phenoxy) is 1. The van der Waals surface area contributed by atoms with Gasteiger partial charge < -0.3 is 15.4 Å². The lowest BCUT2D eigenvalue weighted by molar-refractivity contribution is 0.0718. The molecule has 2 aromatic carbocycles. The van der Waals surface area contributed by atoms with Crippen LogP contribution >= 0.6 is 0 Å². The van der Waals surface area contributed by atoms with E-state index in [1.54, 1.807) is 0 Å². The zero-order valence-corrected chi connectivity index (χ0v) is 14.0. The molecule has 122 valence electrons. The van der Waals surface area contributed by atoms with Crippen molar-refractivity contribution in [1.82, 2.24) is 5.32 Å². The quantitative estimate of drug-likeness (QED) is 0.790. The Balaban J connectivity index is 1.50. The highest BCUT2D eigenvalue weighted by molar-refractivity contribution is 5.42. The molecule has 0 aliphatic carbocycles. The van der Waals surface area contributed by atoms with Crippen LogP contribution in [0.25, 0.3) is 0 Å². The minimum Gasteiger partial charge on any atom is -0.488 e. The average Bonchev–Trinajstić information content (AvgIpc) is 2.54. The van der Waals surface area contributed by atoms with Crippen LogP contribution in [0, 0.1) is 0 Å². The minimum absolute atomic E-state index is 0.0943. The van der Waals surface area contributed by atoms with E-state index >= 15 is 0 Å². The van der Waals surface area contributed by atoms with E-state index in [1.165, 1.54) is 11.3 Å². The standard InChI is InChI=1S/C20H26N2O/c1-20(2)14-16(18-10-6-7-11-19(18)23-20)15-21-12-13-22-17-8-4-3-5-9-17/h3-11,16,21-22H,12-15H2,1-2H3. The van der Waals surface area contributed by atoms with Crippen molar-refractivity contribution in [3.05, 3.63) is 60.2 Å². The molecule has 1 unspecified atom stereocenters. The van der Waals surface area contributed by atoms with Gasteiger partial charge in [0.2, 0.25) is 0 Å². The number of rotatable bonds is 6. The smallest absolute Gasteiger partial charge is 0.123 e. The monoisotopic (exact) mass is 310 g/mol. The van der Waals surface area contributed by atoms with Crippen molar-refractivity contribution in [3.8, 4) is 5.75 Å². The number of para-hydroxylation sites is 2. The molecule has 3 nitrogen and oxygen atoms in total. The van der Waals surface area contributed by atoms with Crippen LogP contribution in [0.4, 0.5) is 5.69 Å². The third-order valence-electron chi connectivity index (χ3n) is 4.28. The van der Waals surface area contributed by atoms with Crippen LogP contribution < -0.4 is 15.4 Å². The lowest BCUT2D eigenvalue weighted by atomic mass is 9.84. The van der Waals surface area contributed by atoms with Gasteiger partial charge in [0.15, 0.2) is 0 Å². The maximum Gasteiger partial charge on any atom is 0.123 e. The molecular formula is C20H26N2O. The Morgan fingerprint density at radius 2 is 1.74 bits per heavy atom. The Labute approximate surface area is 139 Å². The molecule has 0 bridgehead atoms. The summed E-state index contributed by atoms with van der Waals surface area (Å²) in [6, 6.07) is 18.8. The van der Waals surface area contributed by atoms with Gasteiger partial charge in [-0.05, 0) is 44.0 Å². The maximum absolute atomic E-state index is 6.09. The molecule has 23 heavy (non-hydrogen) atoms. The van der Waals surface area contributed by atoms with Crippen LogP contribution in [0.2, 0.25) is 0 Å². The highest BCUT2D eigenvalue weighted by Gasteiger charge is 2.32. The van der Waals surface area contributed by atoms with Crippen molar-refractivity contribution in [1.29, 1.82) is 0 Å². The predicted molar refractivity (Wildman–Crippen MR) is 96.3 cm³/mol. The summed E-state index contributed by atoms with van der Waals surface area (Å²) in [6.45, 7) is 7.22. The highest BCUT2D eigenvalue weighted by Crippen LogP contribution is 2.40. The molecule has 1 aliphatic rings. The summed E-state index contributed by atoms with van der Waals surface area (Å²) < 4.78 is 6.09. The first kappa shape index (κ1) is 15.9. The predicted octanol–water partition coefficient (Wildman–Crippen LogP) is 4.03.